The first-order valence-corrected chi connectivity index (χ1v) is 10.2. The monoisotopic (exact) mass is 371 g/mol. The van der Waals surface area contributed by atoms with Gasteiger partial charge in [-0.3, -0.25) is 0 Å². The lowest BCUT2D eigenvalue weighted by atomic mass is 10.0. The molecular formula is C23H25N5. The Balaban J connectivity index is 1.44. The van der Waals surface area contributed by atoms with Crippen molar-refractivity contribution < 1.29 is 0 Å². The Morgan fingerprint density at radius 1 is 1.00 bits per heavy atom. The van der Waals surface area contributed by atoms with Crippen molar-refractivity contribution in [3.8, 4) is 0 Å². The Hall–Kier alpha value is -2.95. The third-order valence-electron chi connectivity index (χ3n) is 5.88. The average Bonchev–Trinajstić information content (AvgIpc) is 3.12. The molecule has 142 valence electrons. The van der Waals surface area contributed by atoms with Gasteiger partial charge in [0.05, 0.1) is 16.6 Å². The average molecular weight is 371 g/mol. The molecule has 2 aromatic heterocycles. The quantitative estimate of drug-likeness (QED) is 0.524. The number of piperidine rings is 1. The number of para-hydroxylation sites is 2. The van der Waals surface area contributed by atoms with Gasteiger partial charge in [-0.15, -0.1) is 0 Å². The molecule has 0 radical (unpaired) electrons. The van der Waals surface area contributed by atoms with Crippen LogP contribution in [0.1, 0.15) is 37.2 Å². The molecule has 0 bridgehead atoms. The summed E-state index contributed by atoms with van der Waals surface area (Å²) < 4.78 is 2.48. The maximum atomic E-state index is 4.86. The molecule has 5 rings (SSSR count). The summed E-state index contributed by atoms with van der Waals surface area (Å²) in [5.41, 5.74) is 4.64. The highest BCUT2D eigenvalue weighted by Crippen LogP contribution is 2.32. The summed E-state index contributed by atoms with van der Waals surface area (Å²) in [7, 11) is 0. The van der Waals surface area contributed by atoms with E-state index in [-0.39, 0.29) is 0 Å². The van der Waals surface area contributed by atoms with E-state index in [1.54, 1.807) is 6.33 Å². The van der Waals surface area contributed by atoms with Crippen LogP contribution < -0.4 is 4.90 Å². The van der Waals surface area contributed by atoms with E-state index in [9.17, 15) is 0 Å². The number of hydrogen-bond donors (Lipinski definition) is 0. The highest BCUT2D eigenvalue weighted by molar-refractivity contribution is 5.89. The molecule has 0 spiro atoms. The van der Waals surface area contributed by atoms with Crippen molar-refractivity contribution >= 4 is 27.8 Å². The number of aryl methyl sites for hydroxylation is 2. The first-order valence-electron chi connectivity index (χ1n) is 10.2. The second-order valence-corrected chi connectivity index (χ2v) is 7.68. The molecule has 0 unspecified atom stereocenters. The number of benzene rings is 2. The van der Waals surface area contributed by atoms with Gasteiger partial charge >= 0.3 is 0 Å². The first kappa shape index (κ1) is 17.2. The standard InChI is InChI=1S/C23H25N5/c1-3-22-26-20-6-4-5-7-21(20)28(22)17-10-12-27(13-11-17)23-18-14-16(2)8-9-19(18)24-15-25-23/h4-9,14-15,17H,3,10-13H2,1-2H3. The summed E-state index contributed by atoms with van der Waals surface area (Å²) in [5, 5.41) is 1.16. The molecule has 0 N–H and O–H groups in total. The fourth-order valence-electron chi connectivity index (χ4n) is 4.50. The minimum Gasteiger partial charge on any atom is -0.356 e. The van der Waals surface area contributed by atoms with Gasteiger partial charge in [0.1, 0.15) is 18.0 Å². The van der Waals surface area contributed by atoms with Gasteiger partial charge in [-0.25, -0.2) is 15.0 Å². The molecule has 2 aromatic carbocycles. The number of fused-ring (bicyclic) bond motifs is 2. The fraction of sp³-hybridized carbons (Fsp3) is 0.348. The molecule has 5 heteroatoms. The summed E-state index contributed by atoms with van der Waals surface area (Å²) in [6.45, 7) is 6.32. The van der Waals surface area contributed by atoms with Crippen LogP contribution in [0.3, 0.4) is 0 Å². The lowest BCUT2D eigenvalue weighted by Crippen LogP contribution is -2.35. The molecule has 1 fully saturated rings. The SMILES string of the molecule is CCc1nc2ccccc2n1C1CCN(c2ncnc3ccc(C)cc23)CC1. The first-order chi connectivity index (χ1) is 13.7. The van der Waals surface area contributed by atoms with Gasteiger partial charge in [-0.05, 0) is 44.0 Å². The van der Waals surface area contributed by atoms with Crippen molar-refractivity contribution in [2.45, 2.75) is 39.2 Å². The van der Waals surface area contributed by atoms with Crippen LogP contribution in [0.2, 0.25) is 0 Å². The van der Waals surface area contributed by atoms with Gasteiger partial charge in [0.25, 0.3) is 0 Å². The van der Waals surface area contributed by atoms with Crippen molar-refractivity contribution in [1.29, 1.82) is 0 Å². The number of imidazole rings is 1. The van der Waals surface area contributed by atoms with E-state index in [2.05, 4.69) is 75.7 Å². The largest absolute Gasteiger partial charge is 0.356 e. The molecule has 5 nitrogen and oxygen atoms in total. The number of aromatic nitrogens is 4. The van der Waals surface area contributed by atoms with E-state index < -0.39 is 0 Å². The second-order valence-electron chi connectivity index (χ2n) is 7.68. The van der Waals surface area contributed by atoms with Crippen LogP contribution in [-0.2, 0) is 6.42 Å². The Kier molecular flexibility index (Phi) is 4.23. The maximum absolute atomic E-state index is 4.86. The van der Waals surface area contributed by atoms with Crippen LogP contribution in [0, 0.1) is 6.92 Å². The molecular weight excluding hydrogens is 346 g/mol. The summed E-state index contributed by atoms with van der Waals surface area (Å²) >= 11 is 0. The molecule has 1 aliphatic heterocycles. The molecule has 28 heavy (non-hydrogen) atoms. The molecule has 1 saturated heterocycles. The highest BCUT2D eigenvalue weighted by Gasteiger charge is 2.25. The minimum atomic E-state index is 0.494. The molecule has 0 saturated carbocycles. The van der Waals surface area contributed by atoms with E-state index in [0.29, 0.717) is 6.04 Å². The second kappa shape index (κ2) is 6.89. The van der Waals surface area contributed by atoms with E-state index in [1.807, 2.05) is 0 Å². The van der Waals surface area contributed by atoms with Crippen LogP contribution >= 0.6 is 0 Å². The molecule has 3 heterocycles. The summed E-state index contributed by atoms with van der Waals surface area (Å²) in [5.74, 6) is 2.26. The van der Waals surface area contributed by atoms with Crippen LogP contribution in [0.15, 0.2) is 48.8 Å². The van der Waals surface area contributed by atoms with Crippen LogP contribution in [0.4, 0.5) is 5.82 Å². The summed E-state index contributed by atoms with van der Waals surface area (Å²) in [4.78, 5) is 16.4. The van der Waals surface area contributed by atoms with E-state index in [1.165, 1.54) is 16.9 Å². The highest BCUT2D eigenvalue weighted by atomic mass is 15.2. The molecule has 0 atom stereocenters. The van der Waals surface area contributed by atoms with Crippen molar-refractivity contribution in [3.05, 3.63) is 60.2 Å². The molecule has 0 amide bonds. The maximum Gasteiger partial charge on any atom is 0.139 e. The van der Waals surface area contributed by atoms with E-state index in [4.69, 9.17) is 4.98 Å². The van der Waals surface area contributed by atoms with Crippen molar-refractivity contribution in [3.63, 3.8) is 0 Å². The normalized spacial score (nSPS) is 15.6. The van der Waals surface area contributed by atoms with Crippen molar-refractivity contribution in [2.24, 2.45) is 0 Å². The smallest absolute Gasteiger partial charge is 0.139 e. The fourth-order valence-corrected chi connectivity index (χ4v) is 4.50. The van der Waals surface area contributed by atoms with Crippen LogP contribution in [-0.4, -0.2) is 32.6 Å². The minimum absolute atomic E-state index is 0.494. The third kappa shape index (κ3) is 2.82. The Bertz CT molecular complexity index is 1140. The molecule has 4 aromatic rings. The van der Waals surface area contributed by atoms with Gasteiger partial charge in [0.15, 0.2) is 0 Å². The van der Waals surface area contributed by atoms with Crippen LogP contribution in [0.25, 0.3) is 21.9 Å². The molecule has 0 aliphatic carbocycles. The Morgan fingerprint density at radius 2 is 1.82 bits per heavy atom. The van der Waals surface area contributed by atoms with Gasteiger partial charge in [0.2, 0.25) is 0 Å². The predicted molar refractivity (Wildman–Crippen MR) is 114 cm³/mol. The van der Waals surface area contributed by atoms with Gasteiger partial charge in [-0.2, -0.15) is 0 Å². The van der Waals surface area contributed by atoms with Gasteiger partial charge in [-0.1, -0.05) is 30.7 Å². The topological polar surface area (TPSA) is 46.8 Å². The molecule has 1 aliphatic rings. The summed E-state index contributed by atoms with van der Waals surface area (Å²) in [6.07, 6.45) is 4.86. The zero-order valence-electron chi connectivity index (χ0n) is 16.5. The number of rotatable bonds is 3. The van der Waals surface area contributed by atoms with E-state index >= 15 is 0 Å². The van der Waals surface area contributed by atoms with Crippen LogP contribution in [0.5, 0.6) is 0 Å². The lowest BCUT2D eigenvalue weighted by molar-refractivity contribution is 0.394. The van der Waals surface area contributed by atoms with Gasteiger partial charge in [0, 0.05) is 30.9 Å². The number of anilines is 1. The summed E-state index contributed by atoms with van der Waals surface area (Å²) in [6, 6.07) is 15.4. The number of nitrogens with zero attached hydrogens (tertiary/aromatic N) is 5. The zero-order valence-corrected chi connectivity index (χ0v) is 16.5. The Labute approximate surface area is 165 Å². The lowest BCUT2D eigenvalue weighted by Gasteiger charge is -2.34. The van der Waals surface area contributed by atoms with Crippen molar-refractivity contribution in [1.82, 2.24) is 19.5 Å². The predicted octanol–water partition coefficient (Wildman–Crippen LogP) is 4.69. The van der Waals surface area contributed by atoms with Gasteiger partial charge < -0.3 is 9.47 Å². The van der Waals surface area contributed by atoms with Crippen molar-refractivity contribution in [2.75, 3.05) is 18.0 Å². The zero-order chi connectivity index (χ0) is 19.1. The number of hydrogen-bond acceptors (Lipinski definition) is 4. The van der Waals surface area contributed by atoms with E-state index in [0.717, 1.165) is 54.6 Å². The third-order valence-corrected chi connectivity index (χ3v) is 5.88. The Morgan fingerprint density at radius 3 is 2.64 bits per heavy atom.